The minimum Gasteiger partial charge on any atom is -0.386 e. The molecule has 0 fully saturated rings. The summed E-state index contributed by atoms with van der Waals surface area (Å²) in [5, 5.41) is 13.5. The van der Waals surface area contributed by atoms with Crippen LogP contribution in [0.15, 0.2) is 12.1 Å². The van der Waals surface area contributed by atoms with E-state index in [4.69, 9.17) is 5.26 Å². The summed E-state index contributed by atoms with van der Waals surface area (Å²) in [7, 11) is 1.63. The van der Waals surface area contributed by atoms with E-state index in [1.54, 1.807) is 19.2 Å². The molecule has 0 aliphatic carbocycles. The molecule has 1 rings (SSSR count). The van der Waals surface area contributed by atoms with Crippen LogP contribution in [0.2, 0.25) is 0 Å². The van der Waals surface area contributed by atoms with Crippen LogP contribution in [0.3, 0.4) is 0 Å². The number of hydrogen-bond donors (Lipinski definition) is 2. The summed E-state index contributed by atoms with van der Waals surface area (Å²) < 4.78 is 13.7. The van der Waals surface area contributed by atoms with Gasteiger partial charge >= 0.3 is 0 Å². The maximum atomic E-state index is 13.7. The van der Waals surface area contributed by atoms with Crippen LogP contribution in [-0.2, 0) is 6.42 Å². The van der Waals surface area contributed by atoms with E-state index < -0.39 is 11.7 Å². The highest BCUT2D eigenvalue weighted by Gasteiger charge is 2.12. The van der Waals surface area contributed by atoms with Crippen molar-refractivity contribution in [2.45, 2.75) is 13.3 Å². The third-order valence-electron chi connectivity index (χ3n) is 2.39. The van der Waals surface area contributed by atoms with Gasteiger partial charge in [-0.2, -0.15) is 5.26 Å². The van der Waals surface area contributed by atoms with Crippen molar-refractivity contribution >= 4 is 11.6 Å². The molecule has 1 aromatic rings. The molecule has 0 aromatic heterocycles. The lowest BCUT2D eigenvalue weighted by Gasteiger charge is -2.11. The van der Waals surface area contributed by atoms with Gasteiger partial charge in [-0.3, -0.25) is 4.79 Å². The predicted molar refractivity (Wildman–Crippen MR) is 63.3 cm³/mol. The van der Waals surface area contributed by atoms with E-state index in [-0.39, 0.29) is 12.1 Å². The molecule has 17 heavy (non-hydrogen) atoms. The van der Waals surface area contributed by atoms with Crippen LogP contribution in [-0.4, -0.2) is 19.5 Å². The highest BCUT2D eigenvalue weighted by molar-refractivity contribution is 5.95. The maximum Gasteiger partial charge on any atom is 0.252 e. The highest BCUT2D eigenvalue weighted by Crippen LogP contribution is 2.22. The molecule has 1 amide bonds. The summed E-state index contributed by atoms with van der Waals surface area (Å²) in [6, 6.07) is 4.59. The first-order valence-electron chi connectivity index (χ1n) is 5.29. The number of rotatable bonds is 4. The fourth-order valence-electron chi connectivity index (χ4n) is 1.58. The van der Waals surface area contributed by atoms with Crippen LogP contribution < -0.4 is 10.6 Å². The van der Waals surface area contributed by atoms with Gasteiger partial charge < -0.3 is 10.6 Å². The Bertz CT molecular complexity index is 466. The predicted octanol–water partition coefficient (Wildman–Crippen LogP) is 1.68. The minimum atomic E-state index is -0.464. The number of carbonyl (C=O) groups excluding carboxylic acids is 1. The van der Waals surface area contributed by atoms with Gasteiger partial charge in [0.05, 0.1) is 11.8 Å². The van der Waals surface area contributed by atoms with Gasteiger partial charge in [-0.05, 0) is 24.1 Å². The first-order chi connectivity index (χ1) is 8.13. The lowest BCUT2D eigenvalue weighted by atomic mass is 10.1. The number of carbonyl (C=O) groups is 1. The van der Waals surface area contributed by atoms with Crippen LogP contribution >= 0.6 is 0 Å². The van der Waals surface area contributed by atoms with E-state index in [0.717, 1.165) is 11.6 Å². The average molecular weight is 235 g/mol. The topological polar surface area (TPSA) is 64.9 Å². The summed E-state index contributed by atoms with van der Waals surface area (Å²) in [5.74, 6) is -0.906. The van der Waals surface area contributed by atoms with Crippen molar-refractivity contribution < 1.29 is 9.18 Å². The Balaban J connectivity index is 3.07. The first-order valence-corrected chi connectivity index (χ1v) is 5.29. The van der Waals surface area contributed by atoms with Gasteiger partial charge in [0.25, 0.3) is 5.91 Å². The molecule has 5 heteroatoms. The van der Waals surface area contributed by atoms with E-state index in [1.807, 2.05) is 6.92 Å². The van der Waals surface area contributed by atoms with Crippen molar-refractivity contribution in [1.82, 2.24) is 5.32 Å². The first kappa shape index (κ1) is 13.0. The Morgan fingerprint density at radius 2 is 2.24 bits per heavy atom. The van der Waals surface area contributed by atoms with Crippen LogP contribution in [0.25, 0.3) is 0 Å². The second kappa shape index (κ2) is 5.85. The van der Waals surface area contributed by atoms with Crippen molar-refractivity contribution in [2.24, 2.45) is 0 Å². The number of nitrogens with zero attached hydrogens (tertiary/aromatic N) is 1. The van der Waals surface area contributed by atoms with Gasteiger partial charge in [-0.25, -0.2) is 4.39 Å². The number of anilines is 1. The van der Waals surface area contributed by atoms with Gasteiger partial charge in [0, 0.05) is 12.6 Å². The minimum absolute atomic E-state index is 0.0876. The smallest absolute Gasteiger partial charge is 0.252 e. The third-order valence-corrected chi connectivity index (χ3v) is 2.39. The van der Waals surface area contributed by atoms with E-state index in [0.29, 0.717) is 12.1 Å². The maximum absolute atomic E-state index is 13.7. The molecule has 0 radical (unpaired) electrons. The molecule has 4 nitrogen and oxygen atoms in total. The van der Waals surface area contributed by atoms with Crippen molar-refractivity contribution in [3.63, 3.8) is 0 Å². The largest absolute Gasteiger partial charge is 0.386 e. The number of benzene rings is 1. The van der Waals surface area contributed by atoms with Gasteiger partial charge in [-0.15, -0.1) is 0 Å². The Hall–Kier alpha value is -2.09. The lowest BCUT2D eigenvalue weighted by molar-refractivity contribution is 0.0958. The molecule has 0 bridgehead atoms. The lowest BCUT2D eigenvalue weighted by Crippen LogP contribution is -2.24. The highest BCUT2D eigenvalue weighted by atomic mass is 19.1. The van der Waals surface area contributed by atoms with E-state index in [9.17, 15) is 9.18 Å². The van der Waals surface area contributed by atoms with Gasteiger partial charge in [0.2, 0.25) is 0 Å². The molecule has 0 aliphatic rings. The molecular formula is C12H14FN3O. The Morgan fingerprint density at radius 3 is 2.76 bits per heavy atom. The Morgan fingerprint density at radius 1 is 1.53 bits per heavy atom. The van der Waals surface area contributed by atoms with E-state index >= 15 is 0 Å². The van der Waals surface area contributed by atoms with E-state index in [2.05, 4.69) is 10.6 Å². The van der Waals surface area contributed by atoms with Crippen molar-refractivity contribution in [1.29, 1.82) is 5.26 Å². The van der Waals surface area contributed by atoms with Gasteiger partial charge in [0.1, 0.15) is 12.4 Å². The van der Waals surface area contributed by atoms with Crippen molar-refractivity contribution in [2.75, 3.05) is 18.9 Å². The second-order valence-corrected chi connectivity index (χ2v) is 3.44. The zero-order chi connectivity index (χ0) is 12.8. The quantitative estimate of drug-likeness (QED) is 0.780. The fraction of sp³-hybridized carbons (Fsp3) is 0.333. The number of hydrogen-bond acceptors (Lipinski definition) is 3. The molecule has 2 N–H and O–H groups in total. The normalized spacial score (nSPS) is 9.53. The summed E-state index contributed by atoms with van der Waals surface area (Å²) in [4.78, 5) is 11.6. The molecule has 0 spiro atoms. The Kier molecular flexibility index (Phi) is 4.46. The standard InChI is InChI=1S/C12H14FN3O/c1-3-8-6-9(12(17)16-5-4-14)7-10(13)11(8)15-2/h6-7,15H,3,5H2,1-2H3,(H,16,17). The van der Waals surface area contributed by atoms with Gasteiger partial charge in [0.15, 0.2) is 0 Å². The van der Waals surface area contributed by atoms with Gasteiger partial charge in [-0.1, -0.05) is 6.92 Å². The molecule has 0 saturated heterocycles. The van der Waals surface area contributed by atoms with Crippen LogP contribution in [0.1, 0.15) is 22.8 Å². The monoisotopic (exact) mass is 235 g/mol. The number of amides is 1. The summed E-state index contributed by atoms with van der Waals surface area (Å²) in [5.41, 5.74) is 1.37. The molecule has 1 aromatic carbocycles. The number of aryl methyl sites for hydroxylation is 1. The summed E-state index contributed by atoms with van der Waals surface area (Å²) in [6.45, 7) is 1.79. The zero-order valence-electron chi connectivity index (χ0n) is 9.80. The molecule has 0 heterocycles. The SMILES string of the molecule is CCc1cc(C(=O)NCC#N)cc(F)c1NC. The molecule has 0 atom stereocenters. The van der Waals surface area contributed by atoms with Crippen LogP contribution in [0, 0.1) is 17.1 Å². The molecule has 0 unspecified atom stereocenters. The third kappa shape index (κ3) is 2.94. The van der Waals surface area contributed by atoms with Crippen LogP contribution in [0.5, 0.6) is 0 Å². The molecule has 0 aliphatic heterocycles. The average Bonchev–Trinajstić information content (AvgIpc) is 2.34. The number of halogens is 1. The van der Waals surface area contributed by atoms with Crippen molar-refractivity contribution in [3.05, 3.63) is 29.1 Å². The fourth-order valence-corrected chi connectivity index (χ4v) is 1.58. The second-order valence-electron chi connectivity index (χ2n) is 3.44. The Labute approximate surface area is 99.4 Å². The molecule has 0 saturated carbocycles. The molecular weight excluding hydrogens is 221 g/mol. The number of nitriles is 1. The van der Waals surface area contributed by atoms with Crippen molar-refractivity contribution in [3.8, 4) is 6.07 Å². The summed E-state index contributed by atoms with van der Waals surface area (Å²) in [6.07, 6.45) is 0.618. The van der Waals surface area contributed by atoms with E-state index in [1.165, 1.54) is 0 Å². The summed E-state index contributed by atoms with van der Waals surface area (Å²) >= 11 is 0. The zero-order valence-corrected chi connectivity index (χ0v) is 9.80. The molecule has 90 valence electrons. The number of nitrogens with one attached hydrogen (secondary N) is 2. The van der Waals surface area contributed by atoms with Crippen LogP contribution in [0.4, 0.5) is 10.1 Å².